The highest BCUT2D eigenvalue weighted by Gasteiger charge is 2.32. The number of thiocyanates is 2. The molecule has 4 bridgehead atoms. The van der Waals surface area contributed by atoms with Crippen molar-refractivity contribution >= 4 is 23.5 Å². The van der Waals surface area contributed by atoms with Crippen molar-refractivity contribution < 1.29 is 9.47 Å². The molecular weight excluding hydrogens is 340 g/mol. The van der Waals surface area contributed by atoms with Gasteiger partial charge in [-0.25, -0.2) is 0 Å². The molecule has 0 aromatic carbocycles. The molecule has 2 fully saturated rings. The smallest absolute Gasteiger partial charge is 0.137 e. The van der Waals surface area contributed by atoms with Gasteiger partial charge in [0.2, 0.25) is 0 Å². The molecule has 4 atom stereocenters. The van der Waals surface area contributed by atoms with Crippen LogP contribution in [0.2, 0.25) is 0 Å². The SMILES string of the molecule is N#CS/C=C1/[C@@H]2C=CC[C@H]1OC2.N#CS/C=C1/[C@@H]2C=CC[C@H]1OC2. The van der Waals surface area contributed by atoms with Crippen LogP contribution in [0.25, 0.3) is 0 Å². The molecule has 0 amide bonds. The van der Waals surface area contributed by atoms with Gasteiger partial charge in [-0.3, -0.25) is 0 Å². The Bertz CT molecular complexity index is 611. The summed E-state index contributed by atoms with van der Waals surface area (Å²) < 4.78 is 11.1. The molecule has 0 aromatic heterocycles. The fourth-order valence-electron chi connectivity index (χ4n) is 3.29. The molecule has 0 radical (unpaired) electrons. The normalized spacial score (nSPS) is 35.4. The van der Waals surface area contributed by atoms with Crippen molar-refractivity contribution in [2.45, 2.75) is 25.0 Å². The number of hydrogen-bond donors (Lipinski definition) is 0. The van der Waals surface area contributed by atoms with E-state index in [1.807, 2.05) is 21.6 Å². The van der Waals surface area contributed by atoms with Gasteiger partial charge < -0.3 is 9.47 Å². The third-order valence-electron chi connectivity index (χ3n) is 4.49. The first-order chi connectivity index (χ1) is 11.8. The lowest BCUT2D eigenvalue weighted by Gasteiger charge is -2.14. The van der Waals surface area contributed by atoms with Gasteiger partial charge in [0, 0.05) is 11.8 Å². The summed E-state index contributed by atoms with van der Waals surface area (Å²) in [7, 11) is 0. The van der Waals surface area contributed by atoms with Crippen LogP contribution >= 0.6 is 23.5 Å². The van der Waals surface area contributed by atoms with Gasteiger partial charge in [-0.2, -0.15) is 10.5 Å². The molecule has 0 spiro atoms. The second kappa shape index (κ2) is 8.60. The maximum atomic E-state index is 8.40. The van der Waals surface area contributed by atoms with Crippen molar-refractivity contribution in [3.05, 3.63) is 46.3 Å². The van der Waals surface area contributed by atoms with Crippen molar-refractivity contribution in [1.82, 2.24) is 0 Å². The summed E-state index contributed by atoms with van der Waals surface area (Å²) in [5, 5.41) is 24.8. The van der Waals surface area contributed by atoms with Gasteiger partial charge in [-0.15, -0.1) is 0 Å². The van der Waals surface area contributed by atoms with Crippen molar-refractivity contribution in [3.8, 4) is 10.8 Å². The minimum Gasteiger partial charge on any atom is -0.373 e. The number of nitriles is 2. The van der Waals surface area contributed by atoms with Crippen LogP contribution < -0.4 is 0 Å². The van der Waals surface area contributed by atoms with Crippen LogP contribution in [0.15, 0.2) is 46.3 Å². The number of ether oxygens (including phenoxy) is 2. The standard InChI is InChI=1S/2C9H9NOS/c2*10-6-12-5-8-7-2-1-3-9(8)11-4-7/h2*1-2,5,7,9H,3-4H2/b2*8-5-/t2*7-,9-/m11/s1. The van der Waals surface area contributed by atoms with E-state index in [1.54, 1.807) is 0 Å². The van der Waals surface area contributed by atoms with Crippen LogP contribution in [0.1, 0.15) is 12.8 Å². The highest BCUT2D eigenvalue weighted by Crippen LogP contribution is 2.35. The summed E-state index contributed by atoms with van der Waals surface area (Å²) in [4.78, 5) is 0. The number of hydrogen-bond acceptors (Lipinski definition) is 6. The van der Waals surface area contributed by atoms with Gasteiger partial charge in [0.25, 0.3) is 0 Å². The molecule has 124 valence electrons. The Kier molecular flexibility index (Phi) is 6.23. The number of rotatable bonds is 2. The molecule has 2 heterocycles. The number of nitrogens with zero attached hydrogens (tertiary/aromatic N) is 2. The molecule has 2 aliphatic carbocycles. The zero-order valence-electron chi connectivity index (χ0n) is 13.1. The first kappa shape index (κ1) is 17.4. The van der Waals surface area contributed by atoms with E-state index in [2.05, 4.69) is 24.3 Å². The number of thioether (sulfide) groups is 2. The van der Waals surface area contributed by atoms with E-state index >= 15 is 0 Å². The topological polar surface area (TPSA) is 66.0 Å². The molecule has 4 aliphatic rings. The molecule has 6 heteroatoms. The van der Waals surface area contributed by atoms with E-state index in [-0.39, 0.29) is 12.2 Å². The molecular formula is C18H18N2O2S2. The first-order valence-corrected chi connectivity index (χ1v) is 9.65. The van der Waals surface area contributed by atoms with Gasteiger partial charge in [0.15, 0.2) is 0 Å². The molecule has 4 nitrogen and oxygen atoms in total. The van der Waals surface area contributed by atoms with Gasteiger partial charge in [-0.05, 0) is 58.3 Å². The predicted octanol–water partition coefficient (Wildman–Crippen LogP) is 4.12. The quantitative estimate of drug-likeness (QED) is 0.546. The zero-order chi connectivity index (χ0) is 16.8. The second-order valence-electron chi connectivity index (χ2n) is 5.84. The first-order valence-electron chi connectivity index (χ1n) is 7.89. The van der Waals surface area contributed by atoms with Crippen molar-refractivity contribution in [3.63, 3.8) is 0 Å². The minimum absolute atomic E-state index is 0.251. The van der Waals surface area contributed by atoms with Crippen LogP contribution in [0.4, 0.5) is 0 Å². The summed E-state index contributed by atoms with van der Waals surface area (Å²) in [6.45, 7) is 1.58. The maximum absolute atomic E-state index is 8.40. The fourth-order valence-corrected chi connectivity index (χ4v) is 4.32. The molecule has 0 saturated carbocycles. The molecule has 0 aromatic rings. The van der Waals surface area contributed by atoms with E-state index in [9.17, 15) is 0 Å². The van der Waals surface area contributed by atoms with E-state index < -0.39 is 0 Å². The summed E-state index contributed by atoms with van der Waals surface area (Å²) in [5.74, 6) is 0.870. The lowest BCUT2D eigenvalue weighted by atomic mass is 9.92. The van der Waals surface area contributed by atoms with E-state index in [0.29, 0.717) is 11.8 Å². The fraction of sp³-hybridized carbons (Fsp3) is 0.444. The summed E-state index contributed by atoms with van der Waals surface area (Å²) in [6, 6.07) is 0. The molecule has 0 N–H and O–H groups in total. The van der Waals surface area contributed by atoms with E-state index in [1.165, 1.54) is 34.7 Å². The Hall–Kier alpha value is -1.44. The average molecular weight is 358 g/mol. The van der Waals surface area contributed by atoms with E-state index in [4.69, 9.17) is 20.0 Å². The Morgan fingerprint density at radius 3 is 1.71 bits per heavy atom. The predicted molar refractivity (Wildman–Crippen MR) is 96.5 cm³/mol. The van der Waals surface area contributed by atoms with Gasteiger partial charge in [0.05, 0.1) is 25.4 Å². The summed E-state index contributed by atoms with van der Waals surface area (Å²) in [6.07, 6.45) is 11.1. The lowest BCUT2D eigenvalue weighted by Crippen LogP contribution is -2.10. The maximum Gasteiger partial charge on any atom is 0.137 e. The summed E-state index contributed by atoms with van der Waals surface area (Å²) in [5.41, 5.74) is 2.56. The molecule has 24 heavy (non-hydrogen) atoms. The highest BCUT2D eigenvalue weighted by atomic mass is 32.2. The van der Waals surface area contributed by atoms with Gasteiger partial charge in [-0.1, -0.05) is 24.3 Å². The Balaban J connectivity index is 0.000000141. The van der Waals surface area contributed by atoms with Crippen LogP contribution in [0.3, 0.4) is 0 Å². The van der Waals surface area contributed by atoms with Crippen LogP contribution in [0.5, 0.6) is 0 Å². The Morgan fingerprint density at radius 2 is 1.33 bits per heavy atom. The number of fused-ring (bicyclic) bond motifs is 4. The summed E-state index contributed by atoms with van der Waals surface area (Å²) >= 11 is 2.38. The highest BCUT2D eigenvalue weighted by molar-refractivity contribution is 8.06. The second-order valence-corrected chi connectivity index (χ2v) is 7.15. The van der Waals surface area contributed by atoms with Crippen molar-refractivity contribution in [1.29, 1.82) is 10.5 Å². The van der Waals surface area contributed by atoms with Crippen molar-refractivity contribution in [2.24, 2.45) is 11.8 Å². The zero-order valence-corrected chi connectivity index (χ0v) is 14.8. The van der Waals surface area contributed by atoms with Gasteiger partial charge in [0.1, 0.15) is 10.8 Å². The molecule has 2 saturated heterocycles. The Morgan fingerprint density at radius 1 is 0.875 bits per heavy atom. The molecule has 2 aliphatic heterocycles. The Labute approximate surface area is 150 Å². The molecule has 0 unspecified atom stereocenters. The monoisotopic (exact) mass is 358 g/mol. The third kappa shape index (κ3) is 3.96. The van der Waals surface area contributed by atoms with E-state index in [0.717, 1.165) is 26.1 Å². The largest absolute Gasteiger partial charge is 0.373 e. The van der Waals surface area contributed by atoms with Crippen LogP contribution in [-0.4, -0.2) is 25.4 Å². The minimum atomic E-state index is 0.251. The van der Waals surface area contributed by atoms with Crippen molar-refractivity contribution in [2.75, 3.05) is 13.2 Å². The molecule has 4 rings (SSSR count). The lowest BCUT2D eigenvalue weighted by molar-refractivity contribution is 0.124. The average Bonchev–Trinajstić information content (AvgIpc) is 2.96. The van der Waals surface area contributed by atoms with Crippen LogP contribution in [-0.2, 0) is 9.47 Å². The third-order valence-corrected chi connectivity index (χ3v) is 5.48. The van der Waals surface area contributed by atoms with Gasteiger partial charge >= 0.3 is 0 Å². The van der Waals surface area contributed by atoms with Crippen LogP contribution in [0, 0.1) is 33.2 Å².